The Morgan fingerprint density at radius 1 is 1.14 bits per heavy atom. The quantitative estimate of drug-likeness (QED) is 0.450. The van der Waals surface area contributed by atoms with Crippen LogP contribution in [0.3, 0.4) is 0 Å². The van der Waals surface area contributed by atoms with Crippen molar-refractivity contribution in [2.75, 3.05) is 17.1 Å². The molecule has 2 aromatic carbocycles. The third-order valence-electron chi connectivity index (χ3n) is 4.20. The molecule has 0 bridgehead atoms. The molecule has 0 N–H and O–H groups in total. The number of anilines is 1. The first-order valence-electron chi connectivity index (χ1n) is 8.49. The zero-order chi connectivity index (χ0) is 20.3. The lowest BCUT2D eigenvalue weighted by Gasteiger charge is -2.23. The van der Waals surface area contributed by atoms with Crippen molar-refractivity contribution < 1.29 is 17.9 Å². The molecular weight excluding hydrogens is 400 g/mol. The highest BCUT2D eigenvalue weighted by Crippen LogP contribution is 2.23. The number of sulfonamides is 1. The normalized spacial score (nSPS) is 11.4. The molecule has 0 saturated heterocycles. The van der Waals surface area contributed by atoms with Crippen LogP contribution in [0.15, 0.2) is 54.6 Å². The molecule has 0 radical (unpaired) electrons. The van der Waals surface area contributed by atoms with Gasteiger partial charge in [0.05, 0.1) is 17.5 Å². The van der Waals surface area contributed by atoms with Crippen LogP contribution in [0, 0.1) is 6.92 Å². The zero-order valence-electron chi connectivity index (χ0n) is 15.4. The van der Waals surface area contributed by atoms with Gasteiger partial charge >= 0.3 is 5.97 Å². The molecule has 146 valence electrons. The number of hydrogen-bond donors (Lipinski definition) is 0. The van der Waals surface area contributed by atoms with Gasteiger partial charge in [-0.1, -0.05) is 48.0 Å². The van der Waals surface area contributed by atoms with Crippen molar-refractivity contribution >= 4 is 44.2 Å². The average molecular weight is 419 g/mol. The van der Waals surface area contributed by atoms with Crippen LogP contribution in [-0.4, -0.2) is 32.2 Å². The standard InChI is InChI=1S/C20H19ClN2O4S/c1-14-7-3-6-10-18(14)23(28(2,25)26)12-19(24)27-13-16-11-15-8-4-5-9-17(15)22-20(16)21/h3-11H,12-13H2,1-2H3. The van der Waals surface area contributed by atoms with Gasteiger partial charge in [-0.25, -0.2) is 13.4 Å². The van der Waals surface area contributed by atoms with E-state index in [0.29, 0.717) is 11.3 Å². The van der Waals surface area contributed by atoms with Crippen LogP contribution in [0.25, 0.3) is 10.9 Å². The van der Waals surface area contributed by atoms with E-state index in [1.54, 1.807) is 37.3 Å². The molecule has 0 spiro atoms. The number of para-hydroxylation sites is 2. The van der Waals surface area contributed by atoms with Gasteiger partial charge in [-0.05, 0) is 30.7 Å². The van der Waals surface area contributed by atoms with E-state index < -0.39 is 22.5 Å². The summed E-state index contributed by atoms with van der Waals surface area (Å²) >= 11 is 6.17. The molecule has 0 aliphatic rings. The van der Waals surface area contributed by atoms with Crippen LogP contribution >= 0.6 is 11.6 Å². The average Bonchev–Trinajstić information content (AvgIpc) is 2.64. The Morgan fingerprint density at radius 3 is 2.54 bits per heavy atom. The molecule has 0 atom stereocenters. The van der Waals surface area contributed by atoms with Gasteiger partial charge in [0.15, 0.2) is 0 Å². The van der Waals surface area contributed by atoms with Crippen LogP contribution in [0.2, 0.25) is 5.15 Å². The lowest BCUT2D eigenvalue weighted by molar-refractivity contribution is -0.143. The highest BCUT2D eigenvalue weighted by atomic mass is 35.5. The SMILES string of the molecule is Cc1ccccc1N(CC(=O)OCc1cc2ccccc2nc1Cl)S(C)(=O)=O. The molecule has 8 heteroatoms. The van der Waals surface area contributed by atoms with Crippen molar-refractivity contribution in [2.24, 2.45) is 0 Å². The van der Waals surface area contributed by atoms with Crippen molar-refractivity contribution in [3.63, 3.8) is 0 Å². The Hall–Kier alpha value is -2.64. The zero-order valence-corrected chi connectivity index (χ0v) is 17.0. The summed E-state index contributed by atoms with van der Waals surface area (Å²) in [5.41, 5.74) is 2.47. The number of fused-ring (bicyclic) bond motifs is 1. The molecule has 6 nitrogen and oxygen atoms in total. The van der Waals surface area contributed by atoms with Gasteiger partial charge < -0.3 is 4.74 Å². The summed E-state index contributed by atoms with van der Waals surface area (Å²) in [6.45, 7) is 1.25. The number of aromatic nitrogens is 1. The Labute approximate surface area is 168 Å². The number of ether oxygens (including phenoxy) is 1. The van der Waals surface area contributed by atoms with Crippen molar-refractivity contribution in [3.8, 4) is 0 Å². The summed E-state index contributed by atoms with van der Waals surface area (Å²) in [7, 11) is -3.66. The van der Waals surface area contributed by atoms with Crippen LogP contribution in [-0.2, 0) is 26.2 Å². The van der Waals surface area contributed by atoms with Gasteiger partial charge in [-0.2, -0.15) is 0 Å². The second kappa shape index (κ2) is 8.16. The molecule has 0 saturated carbocycles. The summed E-state index contributed by atoms with van der Waals surface area (Å²) in [6, 6.07) is 16.2. The number of pyridine rings is 1. The summed E-state index contributed by atoms with van der Waals surface area (Å²) < 4.78 is 30.7. The maximum atomic E-state index is 12.3. The van der Waals surface area contributed by atoms with Crippen LogP contribution in [0.4, 0.5) is 5.69 Å². The first kappa shape index (κ1) is 20.1. The van der Waals surface area contributed by atoms with Gasteiger partial charge in [0.2, 0.25) is 10.0 Å². The monoisotopic (exact) mass is 418 g/mol. The van der Waals surface area contributed by atoms with Crippen molar-refractivity contribution in [1.29, 1.82) is 0 Å². The van der Waals surface area contributed by atoms with Gasteiger partial charge in [0.1, 0.15) is 18.3 Å². The van der Waals surface area contributed by atoms with E-state index in [0.717, 1.165) is 27.0 Å². The molecule has 0 unspecified atom stereocenters. The number of benzene rings is 2. The highest BCUT2D eigenvalue weighted by molar-refractivity contribution is 7.92. The van der Waals surface area contributed by atoms with Gasteiger partial charge in [-0.15, -0.1) is 0 Å². The van der Waals surface area contributed by atoms with E-state index in [-0.39, 0.29) is 11.8 Å². The predicted molar refractivity (Wildman–Crippen MR) is 110 cm³/mol. The molecule has 0 aliphatic heterocycles. The van der Waals surface area contributed by atoms with E-state index in [9.17, 15) is 13.2 Å². The van der Waals surface area contributed by atoms with E-state index in [4.69, 9.17) is 16.3 Å². The lowest BCUT2D eigenvalue weighted by Crippen LogP contribution is -2.36. The van der Waals surface area contributed by atoms with Gasteiger partial charge in [0, 0.05) is 10.9 Å². The van der Waals surface area contributed by atoms with E-state index >= 15 is 0 Å². The summed E-state index contributed by atoms with van der Waals surface area (Å²) in [6.07, 6.45) is 1.05. The number of hydrogen-bond acceptors (Lipinski definition) is 5. The van der Waals surface area contributed by atoms with Crippen LogP contribution in [0.1, 0.15) is 11.1 Å². The minimum absolute atomic E-state index is 0.0964. The third kappa shape index (κ3) is 4.61. The molecule has 0 fully saturated rings. The molecule has 3 aromatic rings. The first-order chi connectivity index (χ1) is 13.3. The molecule has 0 aliphatic carbocycles. The van der Waals surface area contributed by atoms with Crippen LogP contribution in [0.5, 0.6) is 0 Å². The fourth-order valence-corrected chi connectivity index (χ4v) is 3.89. The van der Waals surface area contributed by atoms with Gasteiger partial charge in [0.25, 0.3) is 0 Å². The summed E-state index contributed by atoms with van der Waals surface area (Å²) in [4.78, 5) is 16.6. The largest absolute Gasteiger partial charge is 0.459 e. The minimum Gasteiger partial charge on any atom is -0.459 e. The topological polar surface area (TPSA) is 76.6 Å². The maximum absolute atomic E-state index is 12.3. The maximum Gasteiger partial charge on any atom is 0.327 e. The smallest absolute Gasteiger partial charge is 0.327 e. The molecule has 1 heterocycles. The number of rotatable bonds is 6. The van der Waals surface area contributed by atoms with E-state index in [1.165, 1.54) is 0 Å². The minimum atomic E-state index is -3.66. The Kier molecular flexibility index (Phi) is 5.86. The van der Waals surface area contributed by atoms with E-state index in [2.05, 4.69) is 4.98 Å². The predicted octanol–water partition coefficient (Wildman–Crippen LogP) is 3.71. The Bertz CT molecular complexity index is 1130. The first-order valence-corrected chi connectivity index (χ1v) is 10.7. The fourth-order valence-electron chi connectivity index (χ4n) is 2.78. The van der Waals surface area contributed by atoms with Crippen molar-refractivity contribution in [2.45, 2.75) is 13.5 Å². The number of carbonyl (C=O) groups excluding carboxylic acids is 1. The highest BCUT2D eigenvalue weighted by Gasteiger charge is 2.23. The van der Waals surface area contributed by atoms with Crippen molar-refractivity contribution in [3.05, 3.63) is 70.9 Å². The Balaban J connectivity index is 1.75. The molecule has 3 rings (SSSR count). The number of aryl methyl sites for hydroxylation is 1. The molecule has 28 heavy (non-hydrogen) atoms. The van der Waals surface area contributed by atoms with E-state index in [1.807, 2.05) is 24.3 Å². The van der Waals surface area contributed by atoms with Gasteiger partial charge in [-0.3, -0.25) is 9.10 Å². The number of esters is 1. The summed E-state index contributed by atoms with van der Waals surface area (Å²) in [5, 5.41) is 1.11. The molecule has 1 aromatic heterocycles. The number of carbonyl (C=O) groups is 1. The molecule has 0 amide bonds. The Morgan fingerprint density at radius 2 is 1.82 bits per heavy atom. The lowest BCUT2D eigenvalue weighted by atomic mass is 10.2. The van der Waals surface area contributed by atoms with Crippen molar-refractivity contribution in [1.82, 2.24) is 4.98 Å². The third-order valence-corrected chi connectivity index (χ3v) is 5.65. The second-order valence-electron chi connectivity index (χ2n) is 6.35. The second-order valence-corrected chi connectivity index (χ2v) is 8.61. The number of halogens is 1. The fraction of sp³-hybridized carbons (Fsp3) is 0.200. The number of nitrogens with zero attached hydrogens (tertiary/aromatic N) is 2. The van der Waals surface area contributed by atoms with Crippen LogP contribution < -0.4 is 4.31 Å². The molecular formula is C20H19ClN2O4S. The summed E-state index contributed by atoms with van der Waals surface area (Å²) in [5.74, 6) is -0.682.